The van der Waals surface area contributed by atoms with Crippen LogP contribution >= 0.6 is 0 Å². The summed E-state index contributed by atoms with van der Waals surface area (Å²) in [6.07, 6.45) is 1.07. The highest BCUT2D eigenvalue weighted by Gasteiger charge is 2.33. The number of hydrogen-bond donors (Lipinski definition) is 0. The Kier molecular flexibility index (Phi) is 6.98. The van der Waals surface area contributed by atoms with E-state index in [1.807, 2.05) is 0 Å². The van der Waals surface area contributed by atoms with Gasteiger partial charge in [-0.05, 0) is 67.4 Å². The van der Waals surface area contributed by atoms with Crippen LogP contribution in [0.25, 0.3) is 0 Å². The molecule has 0 heteroatoms. The second kappa shape index (κ2) is 8.42. The summed E-state index contributed by atoms with van der Waals surface area (Å²) >= 11 is 0. The molecule has 0 bridgehead atoms. The third-order valence-electron chi connectivity index (χ3n) is 6.47. The van der Waals surface area contributed by atoms with Gasteiger partial charge in [-0.2, -0.15) is 0 Å². The maximum atomic E-state index is 2.43. The van der Waals surface area contributed by atoms with Crippen LogP contribution in [0.15, 0.2) is 36.4 Å². The SMILES string of the molecule is CC(Cc1ccc(C(C)(C)C)cc1)c1c(C(C)(C)C)ccc(C(C)(C)C)c1C(C)(C)C. The van der Waals surface area contributed by atoms with Crippen molar-refractivity contribution in [2.24, 2.45) is 0 Å². The predicted molar refractivity (Wildman–Crippen MR) is 140 cm³/mol. The number of rotatable bonds is 3. The van der Waals surface area contributed by atoms with E-state index in [2.05, 4.69) is 126 Å². The van der Waals surface area contributed by atoms with E-state index in [1.165, 1.54) is 22.3 Å². The van der Waals surface area contributed by atoms with Crippen molar-refractivity contribution in [1.29, 1.82) is 0 Å². The maximum absolute atomic E-state index is 2.43. The highest BCUT2D eigenvalue weighted by Crippen LogP contribution is 2.44. The molecule has 0 amide bonds. The van der Waals surface area contributed by atoms with Gasteiger partial charge in [-0.3, -0.25) is 0 Å². The number of hydrogen-bond acceptors (Lipinski definition) is 0. The minimum absolute atomic E-state index is 0.101. The molecule has 2 aromatic rings. The van der Waals surface area contributed by atoms with Gasteiger partial charge in [0, 0.05) is 0 Å². The Labute approximate surface area is 193 Å². The molecule has 0 fully saturated rings. The van der Waals surface area contributed by atoms with Crippen molar-refractivity contribution in [3.8, 4) is 0 Å². The monoisotopic (exact) mass is 420 g/mol. The molecule has 1 unspecified atom stereocenters. The first-order valence-corrected chi connectivity index (χ1v) is 12.1. The van der Waals surface area contributed by atoms with Crippen molar-refractivity contribution in [2.45, 2.75) is 124 Å². The zero-order chi connectivity index (χ0) is 24.0. The van der Waals surface area contributed by atoms with Gasteiger partial charge in [0.25, 0.3) is 0 Å². The summed E-state index contributed by atoms with van der Waals surface area (Å²) in [7, 11) is 0. The fraction of sp³-hybridized carbons (Fsp3) is 0.613. The Morgan fingerprint density at radius 1 is 0.548 bits per heavy atom. The average molecular weight is 421 g/mol. The number of benzene rings is 2. The Hall–Kier alpha value is -1.56. The van der Waals surface area contributed by atoms with E-state index in [0.29, 0.717) is 5.92 Å². The van der Waals surface area contributed by atoms with Gasteiger partial charge in [0.2, 0.25) is 0 Å². The van der Waals surface area contributed by atoms with Crippen LogP contribution in [0.4, 0.5) is 0 Å². The zero-order valence-corrected chi connectivity index (χ0v) is 22.7. The van der Waals surface area contributed by atoms with Gasteiger partial charge in [-0.1, -0.05) is 126 Å². The van der Waals surface area contributed by atoms with Crippen molar-refractivity contribution in [3.63, 3.8) is 0 Å². The highest BCUT2D eigenvalue weighted by molar-refractivity contribution is 5.52. The molecule has 0 radical (unpaired) electrons. The second-order valence-electron chi connectivity index (χ2n) is 13.8. The lowest BCUT2D eigenvalue weighted by Crippen LogP contribution is -2.28. The van der Waals surface area contributed by atoms with Gasteiger partial charge in [-0.15, -0.1) is 0 Å². The molecule has 1 atom stereocenters. The maximum Gasteiger partial charge on any atom is -0.0126 e. The molecule has 0 aromatic heterocycles. The summed E-state index contributed by atoms with van der Waals surface area (Å²) in [5.41, 5.74) is 9.53. The molecule has 0 saturated heterocycles. The van der Waals surface area contributed by atoms with Crippen LogP contribution in [-0.2, 0) is 28.1 Å². The van der Waals surface area contributed by atoms with Crippen molar-refractivity contribution in [3.05, 3.63) is 69.8 Å². The van der Waals surface area contributed by atoms with E-state index in [4.69, 9.17) is 0 Å². The van der Waals surface area contributed by atoms with E-state index >= 15 is 0 Å². The first-order valence-electron chi connectivity index (χ1n) is 12.1. The first kappa shape index (κ1) is 25.7. The van der Waals surface area contributed by atoms with E-state index in [-0.39, 0.29) is 21.7 Å². The molecule has 0 aliphatic heterocycles. The molecule has 2 aromatic carbocycles. The van der Waals surface area contributed by atoms with E-state index in [1.54, 1.807) is 11.1 Å². The van der Waals surface area contributed by atoms with Crippen LogP contribution in [0, 0.1) is 0 Å². The van der Waals surface area contributed by atoms with E-state index in [0.717, 1.165) is 6.42 Å². The fourth-order valence-corrected chi connectivity index (χ4v) is 4.81. The third-order valence-corrected chi connectivity index (χ3v) is 6.47. The molecular formula is C31H48. The van der Waals surface area contributed by atoms with Gasteiger partial charge in [-0.25, -0.2) is 0 Å². The molecule has 0 saturated carbocycles. The second-order valence-corrected chi connectivity index (χ2v) is 13.8. The summed E-state index contributed by atoms with van der Waals surface area (Å²) in [6.45, 7) is 30.6. The van der Waals surface area contributed by atoms with Crippen LogP contribution in [0.3, 0.4) is 0 Å². The van der Waals surface area contributed by atoms with Crippen molar-refractivity contribution < 1.29 is 0 Å². The van der Waals surface area contributed by atoms with Crippen LogP contribution in [0.2, 0.25) is 0 Å². The van der Waals surface area contributed by atoms with Crippen molar-refractivity contribution in [1.82, 2.24) is 0 Å². The molecule has 0 N–H and O–H groups in total. The van der Waals surface area contributed by atoms with Crippen molar-refractivity contribution >= 4 is 0 Å². The first-order chi connectivity index (χ1) is 13.8. The molecule has 0 aliphatic rings. The topological polar surface area (TPSA) is 0 Å². The Morgan fingerprint density at radius 2 is 1.00 bits per heavy atom. The molecular weight excluding hydrogens is 372 g/mol. The van der Waals surface area contributed by atoms with Crippen LogP contribution in [-0.4, -0.2) is 0 Å². The lowest BCUT2D eigenvalue weighted by molar-refractivity contribution is 0.505. The third kappa shape index (κ3) is 6.03. The Morgan fingerprint density at radius 3 is 1.39 bits per heavy atom. The summed E-state index contributed by atoms with van der Waals surface area (Å²) in [6, 6.07) is 14.2. The molecule has 2 rings (SSSR count). The lowest BCUT2D eigenvalue weighted by atomic mass is 9.67. The zero-order valence-electron chi connectivity index (χ0n) is 22.7. The fourth-order valence-electron chi connectivity index (χ4n) is 4.81. The molecule has 0 nitrogen and oxygen atoms in total. The molecule has 0 spiro atoms. The van der Waals surface area contributed by atoms with Gasteiger partial charge in [0.15, 0.2) is 0 Å². The largest absolute Gasteiger partial charge is 0.0587 e. The van der Waals surface area contributed by atoms with Gasteiger partial charge in [0.05, 0.1) is 0 Å². The lowest BCUT2D eigenvalue weighted by Gasteiger charge is -2.38. The summed E-state index contributed by atoms with van der Waals surface area (Å²) in [5.74, 6) is 0.464. The van der Waals surface area contributed by atoms with Crippen molar-refractivity contribution in [2.75, 3.05) is 0 Å². The Balaban J connectivity index is 2.66. The van der Waals surface area contributed by atoms with Gasteiger partial charge >= 0.3 is 0 Å². The summed E-state index contributed by atoms with van der Waals surface area (Å²) in [5, 5.41) is 0. The average Bonchev–Trinajstić information content (AvgIpc) is 2.57. The molecule has 172 valence electrons. The summed E-state index contributed by atoms with van der Waals surface area (Å²) in [4.78, 5) is 0. The smallest absolute Gasteiger partial charge is 0.0126 e. The Bertz CT molecular complexity index is 882. The molecule has 0 heterocycles. The van der Waals surface area contributed by atoms with Gasteiger partial charge < -0.3 is 0 Å². The molecule has 0 aliphatic carbocycles. The standard InChI is InChI=1S/C31H48/c1-21(20-22-14-16-23(17-15-22)28(2,3)4)26-24(29(5,6)7)18-19-25(30(8,9)10)27(26)31(11,12)13/h14-19,21H,20H2,1-13H3. The van der Waals surface area contributed by atoms with Crippen LogP contribution in [0.5, 0.6) is 0 Å². The quantitative estimate of drug-likeness (QED) is 0.464. The normalized spacial score (nSPS) is 14.6. The summed E-state index contributed by atoms with van der Waals surface area (Å²) < 4.78 is 0. The minimum atomic E-state index is 0.101. The minimum Gasteiger partial charge on any atom is -0.0587 e. The van der Waals surface area contributed by atoms with E-state index in [9.17, 15) is 0 Å². The molecule has 31 heavy (non-hydrogen) atoms. The van der Waals surface area contributed by atoms with Crippen LogP contribution in [0.1, 0.15) is 129 Å². The van der Waals surface area contributed by atoms with Crippen LogP contribution < -0.4 is 0 Å². The highest BCUT2D eigenvalue weighted by atomic mass is 14.4. The van der Waals surface area contributed by atoms with E-state index < -0.39 is 0 Å². The van der Waals surface area contributed by atoms with Gasteiger partial charge in [0.1, 0.15) is 0 Å². The predicted octanol–water partition coefficient (Wildman–Crippen LogP) is 9.22.